The number of rotatable bonds is 8. The molecule has 0 saturated carbocycles. The molecule has 0 saturated heterocycles. The second kappa shape index (κ2) is 8.39. The maximum atomic E-state index is 11.1. The highest BCUT2D eigenvalue weighted by atomic mass is 79.9. The Hall–Kier alpha value is -2.74. The maximum absolute atomic E-state index is 11.1. The van der Waals surface area contributed by atoms with Crippen LogP contribution in [-0.2, 0) is 11.3 Å². The van der Waals surface area contributed by atoms with Crippen LogP contribution in [0.15, 0.2) is 40.9 Å². The van der Waals surface area contributed by atoms with Gasteiger partial charge in [-0.15, -0.1) is 0 Å². The number of carboxylic acids is 1. The molecule has 1 amide bonds. The molecule has 0 aromatic heterocycles. The summed E-state index contributed by atoms with van der Waals surface area (Å²) in [6.07, 6.45) is 0. The highest BCUT2D eigenvalue weighted by molar-refractivity contribution is 9.10. The average molecular weight is 409 g/mol. The molecule has 25 heavy (non-hydrogen) atoms. The van der Waals surface area contributed by atoms with Crippen molar-refractivity contribution < 1.29 is 24.2 Å². The fourth-order valence-electron chi connectivity index (χ4n) is 2.15. The molecule has 0 aliphatic carbocycles. The van der Waals surface area contributed by atoms with Gasteiger partial charge in [0, 0.05) is 16.6 Å². The molecule has 8 heteroatoms. The van der Waals surface area contributed by atoms with E-state index in [0.29, 0.717) is 23.7 Å². The molecule has 0 radical (unpaired) electrons. The van der Waals surface area contributed by atoms with E-state index >= 15 is 0 Å². The molecule has 132 valence electrons. The molecule has 2 aromatic carbocycles. The summed E-state index contributed by atoms with van der Waals surface area (Å²) >= 11 is 3.38. The van der Waals surface area contributed by atoms with Crippen molar-refractivity contribution >= 4 is 33.5 Å². The van der Waals surface area contributed by atoms with Crippen molar-refractivity contribution in [2.45, 2.75) is 6.54 Å². The van der Waals surface area contributed by atoms with Gasteiger partial charge in [-0.1, -0.05) is 15.9 Å². The molecule has 0 aliphatic rings. The fourth-order valence-corrected chi connectivity index (χ4v) is 2.55. The third-order valence-corrected chi connectivity index (χ3v) is 3.80. The van der Waals surface area contributed by atoms with Gasteiger partial charge in [-0.05, 0) is 36.4 Å². The Morgan fingerprint density at radius 1 is 1.20 bits per heavy atom. The van der Waals surface area contributed by atoms with E-state index in [1.807, 2.05) is 6.07 Å². The van der Waals surface area contributed by atoms with Crippen LogP contribution in [-0.4, -0.2) is 30.7 Å². The molecule has 7 nitrogen and oxygen atoms in total. The van der Waals surface area contributed by atoms with Crippen LogP contribution in [0.25, 0.3) is 0 Å². The van der Waals surface area contributed by atoms with Crippen LogP contribution < -0.4 is 20.5 Å². The van der Waals surface area contributed by atoms with E-state index in [9.17, 15) is 9.59 Å². The first-order valence-corrected chi connectivity index (χ1v) is 8.04. The maximum Gasteiger partial charge on any atom is 0.335 e. The molecular formula is C17H17BrN2O5. The second-order valence-corrected chi connectivity index (χ2v) is 6.00. The lowest BCUT2D eigenvalue weighted by Crippen LogP contribution is -2.20. The Morgan fingerprint density at radius 2 is 1.92 bits per heavy atom. The van der Waals surface area contributed by atoms with Crippen LogP contribution in [0, 0.1) is 0 Å². The van der Waals surface area contributed by atoms with Crippen LogP contribution in [0.1, 0.15) is 15.9 Å². The van der Waals surface area contributed by atoms with Crippen molar-refractivity contribution in [3.8, 4) is 11.5 Å². The fraction of sp³-hybridized carbons (Fsp3) is 0.176. The van der Waals surface area contributed by atoms with Crippen LogP contribution in [0.3, 0.4) is 0 Å². The van der Waals surface area contributed by atoms with Crippen LogP contribution in [0.2, 0.25) is 0 Å². The molecule has 0 atom stereocenters. The summed E-state index contributed by atoms with van der Waals surface area (Å²) in [7, 11) is 1.50. The standard InChI is InChI=1S/C17H17BrN2O5/c1-24-15-4-2-10(17(22)23)7-13(15)20-8-11-6-12(18)3-5-14(11)25-9-16(19)21/h2-7,20H,8-9H2,1H3,(H2,19,21)(H,22,23). The van der Waals surface area contributed by atoms with E-state index in [1.54, 1.807) is 18.2 Å². The van der Waals surface area contributed by atoms with Gasteiger partial charge in [0.25, 0.3) is 5.91 Å². The van der Waals surface area contributed by atoms with Crippen LogP contribution in [0.4, 0.5) is 5.69 Å². The van der Waals surface area contributed by atoms with Gasteiger partial charge in [-0.25, -0.2) is 4.79 Å². The first-order chi connectivity index (χ1) is 11.9. The van der Waals surface area contributed by atoms with E-state index < -0.39 is 11.9 Å². The summed E-state index contributed by atoms with van der Waals surface area (Å²) in [5, 5.41) is 12.2. The number of carbonyl (C=O) groups is 2. The number of hydrogen-bond donors (Lipinski definition) is 3. The number of anilines is 1. The van der Waals surface area contributed by atoms with Gasteiger partial charge in [-0.2, -0.15) is 0 Å². The molecule has 0 bridgehead atoms. The zero-order valence-electron chi connectivity index (χ0n) is 13.4. The van der Waals surface area contributed by atoms with E-state index in [-0.39, 0.29) is 12.2 Å². The average Bonchev–Trinajstić information content (AvgIpc) is 2.58. The Kier molecular flexibility index (Phi) is 6.24. The van der Waals surface area contributed by atoms with Gasteiger partial charge in [0.2, 0.25) is 0 Å². The number of hydrogen-bond acceptors (Lipinski definition) is 5. The summed E-state index contributed by atoms with van der Waals surface area (Å²) in [5.74, 6) is -0.584. The van der Waals surface area contributed by atoms with Crippen LogP contribution >= 0.6 is 15.9 Å². The molecule has 0 unspecified atom stereocenters. The van der Waals surface area contributed by atoms with Gasteiger partial charge < -0.3 is 25.6 Å². The third kappa shape index (κ3) is 5.12. The summed E-state index contributed by atoms with van der Waals surface area (Å²) in [6.45, 7) is 0.0966. The van der Waals surface area contributed by atoms with Gasteiger partial charge >= 0.3 is 5.97 Å². The number of benzene rings is 2. The van der Waals surface area contributed by atoms with Crippen molar-refractivity contribution in [3.05, 3.63) is 52.0 Å². The topological polar surface area (TPSA) is 111 Å². The molecular weight excluding hydrogens is 392 g/mol. The van der Waals surface area contributed by atoms with Gasteiger partial charge in [0.15, 0.2) is 6.61 Å². The highest BCUT2D eigenvalue weighted by Gasteiger charge is 2.11. The third-order valence-electron chi connectivity index (χ3n) is 3.31. The minimum atomic E-state index is -1.03. The number of nitrogens with one attached hydrogen (secondary N) is 1. The molecule has 4 N–H and O–H groups in total. The molecule has 0 fully saturated rings. The van der Waals surface area contributed by atoms with E-state index in [0.717, 1.165) is 10.0 Å². The van der Waals surface area contributed by atoms with E-state index in [1.165, 1.54) is 19.2 Å². The molecule has 0 aliphatic heterocycles. The van der Waals surface area contributed by atoms with Crippen molar-refractivity contribution in [1.29, 1.82) is 0 Å². The SMILES string of the molecule is COc1ccc(C(=O)O)cc1NCc1cc(Br)ccc1OCC(N)=O. The van der Waals surface area contributed by atoms with Crippen LogP contribution in [0.5, 0.6) is 11.5 Å². The van der Waals surface area contributed by atoms with Crippen molar-refractivity contribution in [2.24, 2.45) is 5.73 Å². The minimum Gasteiger partial charge on any atom is -0.495 e. The number of ether oxygens (including phenoxy) is 2. The number of nitrogens with two attached hydrogens (primary N) is 1. The first-order valence-electron chi connectivity index (χ1n) is 7.25. The number of aromatic carboxylic acids is 1. The molecule has 2 rings (SSSR count). The van der Waals surface area contributed by atoms with Gasteiger partial charge in [0.05, 0.1) is 18.4 Å². The van der Waals surface area contributed by atoms with Crippen molar-refractivity contribution in [3.63, 3.8) is 0 Å². The van der Waals surface area contributed by atoms with E-state index in [2.05, 4.69) is 21.2 Å². The smallest absolute Gasteiger partial charge is 0.335 e. The Labute approximate surface area is 152 Å². The van der Waals surface area contributed by atoms with Crippen molar-refractivity contribution in [2.75, 3.05) is 19.0 Å². The lowest BCUT2D eigenvalue weighted by Gasteiger charge is -2.15. The quantitative estimate of drug-likeness (QED) is 0.618. The number of amides is 1. The number of carboxylic acid groups (broad SMARTS) is 1. The lowest BCUT2D eigenvalue weighted by atomic mass is 10.1. The summed E-state index contributed by atoms with van der Waals surface area (Å²) in [4.78, 5) is 22.1. The minimum absolute atomic E-state index is 0.141. The van der Waals surface area contributed by atoms with Gasteiger partial charge in [0.1, 0.15) is 11.5 Å². The molecule has 0 heterocycles. The molecule has 2 aromatic rings. The predicted molar refractivity (Wildman–Crippen MR) is 96.1 cm³/mol. The zero-order valence-corrected chi connectivity index (χ0v) is 15.0. The number of halogens is 1. The number of methoxy groups -OCH3 is 1. The molecule has 0 spiro atoms. The summed E-state index contributed by atoms with van der Waals surface area (Å²) < 4.78 is 11.5. The lowest BCUT2D eigenvalue weighted by molar-refractivity contribution is -0.119. The highest BCUT2D eigenvalue weighted by Crippen LogP contribution is 2.28. The normalized spacial score (nSPS) is 10.2. The Balaban J connectivity index is 2.23. The largest absolute Gasteiger partial charge is 0.495 e. The summed E-state index contributed by atoms with van der Waals surface area (Å²) in [6, 6.07) is 9.87. The number of primary amides is 1. The van der Waals surface area contributed by atoms with Gasteiger partial charge in [-0.3, -0.25) is 4.79 Å². The van der Waals surface area contributed by atoms with Crippen molar-refractivity contribution in [1.82, 2.24) is 0 Å². The number of carbonyl (C=O) groups excluding carboxylic acids is 1. The Bertz CT molecular complexity index is 795. The van der Waals surface area contributed by atoms with E-state index in [4.69, 9.17) is 20.3 Å². The summed E-state index contributed by atoms with van der Waals surface area (Å²) in [5.41, 5.74) is 6.54. The monoisotopic (exact) mass is 408 g/mol. The Morgan fingerprint density at radius 3 is 2.56 bits per heavy atom. The second-order valence-electron chi connectivity index (χ2n) is 5.08. The predicted octanol–water partition coefficient (Wildman–Crippen LogP) is 2.63. The first kappa shape index (κ1) is 18.6. The zero-order chi connectivity index (χ0) is 18.4.